The normalized spacial score (nSPS) is 14.6. The predicted molar refractivity (Wildman–Crippen MR) is 110 cm³/mol. The van der Waals surface area contributed by atoms with E-state index >= 15 is 0 Å². The fourth-order valence-corrected chi connectivity index (χ4v) is 3.24. The lowest BCUT2D eigenvalue weighted by atomic mass is 10.2. The molecule has 1 fully saturated rings. The Labute approximate surface area is 165 Å². The molecule has 3 rings (SSSR count). The van der Waals surface area contributed by atoms with Crippen molar-refractivity contribution >= 4 is 23.2 Å². The molecule has 7 heteroatoms. The molecule has 7 nitrogen and oxygen atoms in total. The molecule has 0 radical (unpaired) electrons. The molecule has 0 bridgehead atoms. The number of benzene rings is 2. The van der Waals surface area contributed by atoms with E-state index in [0.717, 1.165) is 31.9 Å². The van der Waals surface area contributed by atoms with Crippen LogP contribution in [0.5, 0.6) is 5.75 Å². The molecule has 0 atom stereocenters. The molecule has 148 valence electrons. The summed E-state index contributed by atoms with van der Waals surface area (Å²) in [6.45, 7) is 3.32. The minimum Gasteiger partial charge on any atom is -0.506 e. The van der Waals surface area contributed by atoms with E-state index in [1.165, 1.54) is 4.90 Å². The topological polar surface area (TPSA) is 76.1 Å². The maximum Gasteiger partial charge on any atom is 0.253 e. The maximum absolute atomic E-state index is 12.3. The largest absolute Gasteiger partial charge is 0.506 e. The molecule has 1 saturated heterocycles. The van der Waals surface area contributed by atoms with Gasteiger partial charge in [0, 0.05) is 51.5 Å². The molecular formula is C21H26N4O3. The summed E-state index contributed by atoms with van der Waals surface area (Å²) in [5.41, 5.74) is 2.09. The lowest BCUT2D eigenvalue weighted by Crippen LogP contribution is -2.48. The van der Waals surface area contributed by atoms with Gasteiger partial charge in [-0.3, -0.25) is 14.5 Å². The smallest absolute Gasteiger partial charge is 0.253 e. The minimum atomic E-state index is -0.0808. The molecule has 1 aliphatic rings. The van der Waals surface area contributed by atoms with E-state index in [9.17, 15) is 14.7 Å². The number of carbonyl (C=O) groups excluding carboxylic acids is 2. The first-order chi connectivity index (χ1) is 13.4. The van der Waals surface area contributed by atoms with Crippen molar-refractivity contribution in [3.8, 4) is 5.75 Å². The highest BCUT2D eigenvalue weighted by Gasteiger charge is 2.20. The quantitative estimate of drug-likeness (QED) is 0.826. The van der Waals surface area contributed by atoms with Crippen LogP contribution in [0, 0.1) is 0 Å². The van der Waals surface area contributed by atoms with Crippen LogP contribution in [-0.2, 0) is 4.79 Å². The first-order valence-corrected chi connectivity index (χ1v) is 9.31. The van der Waals surface area contributed by atoms with Gasteiger partial charge in [-0.2, -0.15) is 0 Å². The Kier molecular flexibility index (Phi) is 6.16. The second kappa shape index (κ2) is 8.75. The Balaban J connectivity index is 1.48. The number of nitrogens with one attached hydrogen (secondary N) is 1. The van der Waals surface area contributed by atoms with Crippen LogP contribution < -0.4 is 10.2 Å². The number of piperazine rings is 1. The van der Waals surface area contributed by atoms with Crippen LogP contribution in [0.1, 0.15) is 10.4 Å². The summed E-state index contributed by atoms with van der Waals surface area (Å²) in [5, 5.41) is 12.9. The van der Waals surface area contributed by atoms with Gasteiger partial charge in [-0.15, -0.1) is 0 Å². The van der Waals surface area contributed by atoms with Gasteiger partial charge in [-0.05, 0) is 36.4 Å². The fraction of sp³-hybridized carbons (Fsp3) is 0.333. The number of hydrogen-bond acceptors (Lipinski definition) is 5. The Morgan fingerprint density at radius 2 is 1.64 bits per heavy atom. The van der Waals surface area contributed by atoms with Crippen molar-refractivity contribution < 1.29 is 14.7 Å². The molecule has 2 N–H and O–H groups in total. The summed E-state index contributed by atoms with van der Waals surface area (Å²) in [6.07, 6.45) is 0. The van der Waals surface area contributed by atoms with E-state index in [4.69, 9.17) is 0 Å². The van der Waals surface area contributed by atoms with Crippen molar-refractivity contribution in [2.75, 3.05) is 57.0 Å². The standard InChI is InChI=1S/C21H26N4O3/c1-23(2)21(28)16-7-9-17(10-8-16)22-20(27)15-24-11-13-25(14-12-24)18-5-3-4-6-19(18)26/h3-10,26H,11-15H2,1-2H3,(H,22,27). The third-order valence-electron chi connectivity index (χ3n) is 4.78. The highest BCUT2D eigenvalue weighted by atomic mass is 16.3. The Bertz CT molecular complexity index is 828. The van der Waals surface area contributed by atoms with Crippen molar-refractivity contribution in [2.45, 2.75) is 0 Å². The van der Waals surface area contributed by atoms with Crippen LogP contribution in [0.4, 0.5) is 11.4 Å². The number of anilines is 2. The van der Waals surface area contributed by atoms with E-state index in [2.05, 4.69) is 15.1 Å². The second-order valence-corrected chi connectivity index (χ2v) is 7.08. The number of carbonyl (C=O) groups is 2. The molecule has 2 amide bonds. The number of phenols is 1. The lowest BCUT2D eigenvalue weighted by molar-refractivity contribution is -0.117. The van der Waals surface area contributed by atoms with Gasteiger partial charge < -0.3 is 20.2 Å². The molecule has 0 spiro atoms. The summed E-state index contributed by atoms with van der Waals surface area (Å²) in [5.74, 6) is 0.132. The van der Waals surface area contributed by atoms with Crippen LogP contribution in [0.2, 0.25) is 0 Å². The van der Waals surface area contributed by atoms with Gasteiger partial charge in [0.2, 0.25) is 5.91 Å². The average molecular weight is 382 g/mol. The summed E-state index contributed by atoms with van der Waals surface area (Å²) < 4.78 is 0. The van der Waals surface area contributed by atoms with Crippen molar-refractivity contribution in [1.29, 1.82) is 0 Å². The first-order valence-electron chi connectivity index (χ1n) is 9.31. The van der Waals surface area contributed by atoms with Crippen LogP contribution in [0.3, 0.4) is 0 Å². The molecule has 1 heterocycles. The molecule has 0 unspecified atom stereocenters. The van der Waals surface area contributed by atoms with E-state index in [-0.39, 0.29) is 17.6 Å². The molecule has 2 aromatic carbocycles. The van der Waals surface area contributed by atoms with E-state index in [1.54, 1.807) is 44.4 Å². The SMILES string of the molecule is CN(C)C(=O)c1ccc(NC(=O)CN2CCN(c3ccccc3O)CC2)cc1. The third kappa shape index (κ3) is 4.80. The molecule has 0 saturated carbocycles. The summed E-state index contributed by atoms with van der Waals surface area (Å²) >= 11 is 0. The van der Waals surface area contributed by atoms with E-state index in [0.29, 0.717) is 17.8 Å². The van der Waals surface area contributed by atoms with Crippen LogP contribution in [0.15, 0.2) is 48.5 Å². The van der Waals surface area contributed by atoms with Crippen molar-refractivity contribution in [3.63, 3.8) is 0 Å². The van der Waals surface area contributed by atoms with Crippen LogP contribution >= 0.6 is 0 Å². The van der Waals surface area contributed by atoms with E-state index in [1.807, 2.05) is 18.2 Å². The Hall–Kier alpha value is -3.06. The Morgan fingerprint density at radius 3 is 2.25 bits per heavy atom. The first kappa shape index (κ1) is 19.7. The van der Waals surface area contributed by atoms with Crippen molar-refractivity contribution in [2.24, 2.45) is 0 Å². The average Bonchev–Trinajstić information content (AvgIpc) is 2.69. The molecule has 28 heavy (non-hydrogen) atoms. The highest BCUT2D eigenvalue weighted by Crippen LogP contribution is 2.27. The molecule has 1 aliphatic heterocycles. The number of para-hydroxylation sites is 2. The molecular weight excluding hydrogens is 356 g/mol. The van der Waals surface area contributed by atoms with Gasteiger partial charge >= 0.3 is 0 Å². The van der Waals surface area contributed by atoms with Gasteiger partial charge in [0.1, 0.15) is 5.75 Å². The number of hydrogen-bond donors (Lipinski definition) is 2. The summed E-state index contributed by atoms with van der Waals surface area (Å²) in [7, 11) is 3.41. The Morgan fingerprint density at radius 1 is 1.00 bits per heavy atom. The number of amides is 2. The monoisotopic (exact) mass is 382 g/mol. The van der Waals surface area contributed by atoms with Gasteiger partial charge in [0.25, 0.3) is 5.91 Å². The zero-order chi connectivity index (χ0) is 20.1. The number of aromatic hydroxyl groups is 1. The predicted octanol–water partition coefficient (Wildman–Crippen LogP) is 1.85. The summed E-state index contributed by atoms with van der Waals surface area (Å²) in [4.78, 5) is 30.0. The maximum atomic E-state index is 12.3. The molecule has 0 aromatic heterocycles. The second-order valence-electron chi connectivity index (χ2n) is 7.08. The number of nitrogens with zero attached hydrogens (tertiary/aromatic N) is 3. The summed E-state index contributed by atoms with van der Waals surface area (Å²) in [6, 6.07) is 14.2. The van der Waals surface area contributed by atoms with Crippen LogP contribution in [0.25, 0.3) is 0 Å². The lowest BCUT2D eigenvalue weighted by Gasteiger charge is -2.35. The van der Waals surface area contributed by atoms with Crippen molar-refractivity contribution in [3.05, 3.63) is 54.1 Å². The van der Waals surface area contributed by atoms with Gasteiger partial charge in [-0.1, -0.05) is 12.1 Å². The third-order valence-corrected chi connectivity index (χ3v) is 4.78. The van der Waals surface area contributed by atoms with Crippen LogP contribution in [-0.4, -0.2) is 73.5 Å². The minimum absolute atomic E-state index is 0.0693. The molecule has 0 aliphatic carbocycles. The van der Waals surface area contributed by atoms with Gasteiger partial charge in [0.15, 0.2) is 0 Å². The van der Waals surface area contributed by atoms with Crippen molar-refractivity contribution in [1.82, 2.24) is 9.80 Å². The zero-order valence-corrected chi connectivity index (χ0v) is 16.3. The zero-order valence-electron chi connectivity index (χ0n) is 16.3. The van der Waals surface area contributed by atoms with E-state index < -0.39 is 0 Å². The number of phenolic OH excluding ortho intramolecular Hbond substituents is 1. The van der Waals surface area contributed by atoms with Gasteiger partial charge in [0.05, 0.1) is 12.2 Å². The number of rotatable bonds is 5. The van der Waals surface area contributed by atoms with Gasteiger partial charge in [-0.25, -0.2) is 0 Å². The molecule has 2 aromatic rings. The fourth-order valence-electron chi connectivity index (χ4n) is 3.24. The highest BCUT2D eigenvalue weighted by molar-refractivity contribution is 5.96.